The smallest absolute Gasteiger partial charge is 0.419 e. The zero-order valence-electron chi connectivity index (χ0n) is 17.8. The van der Waals surface area contributed by atoms with Gasteiger partial charge in [-0.15, -0.1) is 0 Å². The Labute approximate surface area is 192 Å². The van der Waals surface area contributed by atoms with Crippen LogP contribution in [0.15, 0.2) is 12.3 Å². The third-order valence-electron chi connectivity index (χ3n) is 6.55. The summed E-state index contributed by atoms with van der Waals surface area (Å²) in [6.45, 7) is 1.17. The van der Waals surface area contributed by atoms with Crippen molar-refractivity contribution in [2.24, 2.45) is 0 Å². The first-order chi connectivity index (χ1) is 15.7. The number of ether oxygens (including phenoxy) is 2. The van der Waals surface area contributed by atoms with Gasteiger partial charge in [-0.3, -0.25) is 14.1 Å². The average Bonchev–Trinajstić information content (AvgIpc) is 3.47. The lowest BCUT2D eigenvalue weighted by Gasteiger charge is -2.40. The molecule has 33 heavy (non-hydrogen) atoms. The number of hydrogen-bond donors (Lipinski definition) is 0. The number of carbonyl (C=O) groups is 2. The summed E-state index contributed by atoms with van der Waals surface area (Å²) < 4.78 is 52.9. The molecule has 2 aliphatic heterocycles. The van der Waals surface area contributed by atoms with E-state index in [1.165, 1.54) is 18.2 Å². The van der Waals surface area contributed by atoms with Crippen molar-refractivity contribution in [2.75, 3.05) is 33.4 Å². The number of cyclic esters (lactones) is 1. The van der Waals surface area contributed by atoms with Crippen LogP contribution in [0, 0.1) is 0 Å². The molecule has 0 aromatic carbocycles. The van der Waals surface area contributed by atoms with Crippen molar-refractivity contribution in [1.29, 1.82) is 0 Å². The predicted molar refractivity (Wildman–Crippen MR) is 110 cm³/mol. The largest absolute Gasteiger partial charge is 0.448 e. The fourth-order valence-corrected chi connectivity index (χ4v) is 4.91. The Kier molecular flexibility index (Phi) is 5.43. The highest BCUT2D eigenvalue weighted by molar-refractivity contribution is 6.33. The quantitative estimate of drug-likeness (QED) is 0.660. The van der Waals surface area contributed by atoms with Crippen molar-refractivity contribution in [3.63, 3.8) is 0 Å². The molecular weight excluding hydrogens is 465 g/mol. The van der Waals surface area contributed by atoms with Gasteiger partial charge in [-0.2, -0.15) is 13.2 Å². The number of alkyl halides is 3. The van der Waals surface area contributed by atoms with Gasteiger partial charge in [0, 0.05) is 26.4 Å². The zero-order valence-corrected chi connectivity index (χ0v) is 18.5. The van der Waals surface area contributed by atoms with Crippen LogP contribution in [0.5, 0.6) is 0 Å². The molecule has 1 aliphatic carbocycles. The van der Waals surface area contributed by atoms with Gasteiger partial charge in [0.2, 0.25) is 0 Å². The standard InChI is InChI=1S/C21H22ClF3N4O4/c1-32-15-10-27(5-4-14(15)28-6-7-33-20(28)31)19(30)16-17(22)29-9-12(11-2-3-11)8-13(18(29)26-16)21(23,24)25/h8-9,11,14-15H,2-7,10H2,1H3/t14-,15-/m1/s1. The number of likely N-dealkylation sites (tertiary alicyclic amines) is 1. The number of carbonyl (C=O) groups excluding carboxylic acids is 2. The molecule has 1 saturated carbocycles. The van der Waals surface area contributed by atoms with Crippen LogP contribution in [0.25, 0.3) is 5.65 Å². The van der Waals surface area contributed by atoms with E-state index in [4.69, 9.17) is 21.1 Å². The number of pyridine rings is 1. The first-order valence-corrected chi connectivity index (χ1v) is 11.1. The van der Waals surface area contributed by atoms with E-state index in [2.05, 4.69) is 4.98 Å². The van der Waals surface area contributed by atoms with E-state index >= 15 is 0 Å². The van der Waals surface area contributed by atoms with E-state index < -0.39 is 35.5 Å². The highest BCUT2D eigenvalue weighted by atomic mass is 35.5. The summed E-state index contributed by atoms with van der Waals surface area (Å²) in [5.74, 6) is -0.513. The van der Waals surface area contributed by atoms with Crippen LogP contribution < -0.4 is 0 Å². The molecule has 0 N–H and O–H groups in total. The normalized spacial score (nSPS) is 24.0. The van der Waals surface area contributed by atoms with Crippen molar-refractivity contribution >= 4 is 29.2 Å². The summed E-state index contributed by atoms with van der Waals surface area (Å²) in [6, 6.07) is 0.843. The maximum absolute atomic E-state index is 13.7. The highest BCUT2D eigenvalue weighted by Gasteiger charge is 2.42. The number of rotatable bonds is 4. The van der Waals surface area contributed by atoms with Gasteiger partial charge in [0.1, 0.15) is 11.8 Å². The Balaban J connectivity index is 1.45. The van der Waals surface area contributed by atoms with Gasteiger partial charge < -0.3 is 14.4 Å². The lowest BCUT2D eigenvalue weighted by molar-refractivity contribution is -0.136. The van der Waals surface area contributed by atoms with Crippen LogP contribution in [0.3, 0.4) is 0 Å². The molecule has 5 rings (SSSR count). The van der Waals surface area contributed by atoms with Crippen molar-refractivity contribution in [1.82, 2.24) is 19.2 Å². The number of imidazole rings is 1. The molecular formula is C21H22ClF3N4O4. The fourth-order valence-electron chi connectivity index (χ4n) is 4.66. The van der Waals surface area contributed by atoms with Gasteiger partial charge in [-0.1, -0.05) is 11.6 Å². The number of nitrogens with zero attached hydrogens (tertiary/aromatic N) is 4. The van der Waals surface area contributed by atoms with Gasteiger partial charge >= 0.3 is 12.3 Å². The molecule has 8 nitrogen and oxygen atoms in total. The van der Waals surface area contributed by atoms with Gasteiger partial charge in [0.15, 0.2) is 11.3 Å². The molecule has 2 aromatic rings. The third-order valence-corrected chi connectivity index (χ3v) is 6.91. The Hall–Kier alpha value is -2.53. The minimum absolute atomic E-state index is 0.0619. The Morgan fingerprint density at radius 2 is 2.03 bits per heavy atom. The first-order valence-electron chi connectivity index (χ1n) is 10.7. The van der Waals surface area contributed by atoms with E-state index in [-0.39, 0.29) is 35.9 Å². The summed E-state index contributed by atoms with van der Waals surface area (Å²) in [7, 11) is 1.49. The van der Waals surface area contributed by atoms with Crippen molar-refractivity contribution in [2.45, 2.75) is 43.5 Å². The van der Waals surface area contributed by atoms with Crippen LogP contribution >= 0.6 is 11.6 Å². The maximum Gasteiger partial charge on any atom is 0.419 e. The fraction of sp³-hybridized carbons (Fsp3) is 0.571. The molecule has 0 radical (unpaired) electrons. The lowest BCUT2D eigenvalue weighted by atomic mass is 10.00. The number of aromatic nitrogens is 2. The molecule has 12 heteroatoms. The monoisotopic (exact) mass is 486 g/mol. The molecule has 2 saturated heterocycles. The van der Waals surface area contributed by atoms with E-state index in [0.717, 1.165) is 23.3 Å². The van der Waals surface area contributed by atoms with E-state index in [9.17, 15) is 22.8 Å². The Morgan fingerprint density at radius 3 is 2.64 bits per heavy atom. The van der Waals surface area contributed by atoms with Crippen LogP contribution in [0.1, 0.15) is 46.8 Å². The van der Waals surface area contributed by atoms with E-state index in [1.54, 1.807) is 4.90 Å². The maximum atomic E-state index is 13.7. The number of fused-ring (bicyclic) bond motifs is 1. The van der Waals surface area contributed by atoms with Crippen LogP contribution in [0.2, 0.25) is 5.15 Å². The van der Waals surface area contributed by atoms with E-state index in [0.29, 0.717) is 25.1 Å². The Bertz CT molecular complexity index is 1120. The molecule has 3 aliphatic rings. The molecule has 2 atom stereocenters. The van der Waals surface area contributed by atoms with Gasteiger partial charge in [0.25, 0.3) is 5.91 Å². The third kappa shape index (κ3) is 3.90. The first kappa shape index (κ1) is 22.3. The van der Waals surface area contributed by atoms with Crippen LogP contribution in [-0.2, 0) is 15.7 Å². The van der Waals surface area contributed by atoms with Gasteiger partial charge in [-0.25, -0.2) is 9.78 Å². The summed E-state index contributed by atoms with van der Waals surface area (Å²) in [5.41, 5.74) is -0.998. The van der Waals surface area contributed by atoms with E-state index in [1.807, 2.05) is 0 Å². The molecule has 4 heterocycles. The number of piperidine rings is 1. The molecule has 2 aromatic heterocycles. The van der Waals surface area contributed by atoms with Crippen molar-refractivity contribution < 1.29 is 32.2 Å². The topological polar surface area (TPSA) is 76.4 Å². The molecule has 3 fully saturated rings. The second kappa shape index (κ2) is 8.05. The molecule has 0 spiro atoms. The summed E-state index contributed by atoms with van der Waals surface area (Å²) >= 11 is 6.40. The predicted octanol–water partition coefficient (Wildman–Crippen LogP) is 3.57. The summed E-state index contributed by atoms with van der Waals surface area (Å²) in [5, 5.41) is -0.151. The second-order valence-electron chi connectivity index (χ2n) is 8.59. The number of hydrogen-bond acceptors (Lipinski definition) is 5. The molecule has 0 bridgehead atoms. The summed E-state index contributed by atoms with van der Waals surface area (Å²) in [6.07, 6.45) is -1.92. The number of methoxy groups -OCH3 is 1. The number of halogens is 4. The van der Waals surface area contributed by atoms with Gasteiger partial charge in [0.05, 0.1) is 24.3 Å². The minimum atomic E-state index is -4.63. The van der Waals surface area contributed by atoms with Gasteiger partial charge in [-0.05, 0) is 36.8 Å². The van der Waals surface area contributed by atoms with Crippen molar-refractivity contribution in [3.8, 4) is 0 Å². The zero-order chi connectivity index (χ0) is 23.5. The second-order valence-corrected chi connectivity index (χ2v) is 8.95. The SMILES string of the molecule is CO[C@@H]1CN(C(=O)c2nc3c(C(F)(F)F)cc(C4CC4)cn3c2Cl)CC[C@H]1N1CCOC1=O. The minimum Gasteiger partial charge on any atom is -0.448 e. The Morgan fingerprint density at radius 1 is 1.27 bits per heavy atom. The summed E-state index contributed by atoms with van der Waals surface area (Å²) in [4.78, 5) is 32.3. The van der Waals surface area contributed by atoms with Crippen molar-refractivity contribution in [3.05, 3.63) is 34.2 Å². The lowest BCUT2D eigenvalue weighted by Crippen LogP contribution is -2.56. The highest BCUT2D eigenvalue weighted by Crippen LogP contribution is 2.43. The van der Waals surface area contributed by atoms with Crippen LogP contribution in [-0.4, -0.2) is 76.7 Å². The molecule has 0 unspecified atom stereocenters. The van der Waals surface area contributed by atoms with Crippen LogP contribution in [0.4, 0.5) is 18.0 Å². The molecule has 178 valence electrons. The average molecular weight is 487 g/mol. The molecule has 2 amide bonds. The number of amides is 2.